The van der Waals surface area contributed by atoms with Crippen molar-refractivity contribution in [3.05, 3.63) is 65.4 Å². The molecule has 0 saturated carbocycles. The van der Waals surface area contributed by atoms with Gasteiger partial charge in [0.15, 0.2) is 5.82 Å². The van der Waals surface area contributed by atoms with E-state index in [1.165, 1.54) is 22.5 Å². The Morgan fingerprint density at radius 3 is 2.74 bits per heavy atom. The van der Waals surface area contributed by atoms with Gasteiger partial charge in [0.05, 0.1) is 28.5 Å². The molecule has 2 aromatic heterocycles. The number of benzene rings is 2. The molecule has 0 amide bonds. The molecule has 1 aliphatic rings. The Hall–Kier alpha value is -2.64. The van der Waals surface area contributed by atoms with E-state index in [1.807, 2.05) is 46.4 Å². The zero-order chi connectivity index (χ0) is 18.1. The van der Waals surface area contributed by atoms with E-state index in [0.717, 1.165) is 36.5 Å². The molecule has 0 spiro atoms. The van der Waals surface area contributed by atoms with Gasteiger partial charge in [-0.1, -0.05) is 36.8 Å². The van der Waals surface area contributed by atoms with Gasteiger partial charge in [-0.3, -0.25) is 4.90 Å². The van der Waals surface area contributed by atoms with E-state index < -0.39 is 0 Å². The highest BCUT2D eigenvalue weighted by Crippen LogP contribution is 2.36. The van der Waals surface area contributed by atoms with Gasteiger partial charge in [0.25, 0.3) is 0 Å². The number of nitrogens with zero attached hydrogens (tertiary/aromatic N) is 6. The maximum atomic E-state index is 4.91. The van der Waals surface area contributed by atoms with E-state index >= 15 is 0 Å². The van der Waals surface area contributed by atoms with E-state index in [4.69, 9.17) is 4.98 Å². The highest BCUT2D eigenvalue weighted by atomic mass is 32.1. The third-order valence-corrected chi connectivity index (χ3v) is 6.23. The van der Waals surface area contributed by atoms with Gasteiger partial charge >= 0.3 is 0 Å². The van der Waals surface area contributed by atoms with E-state index in [0.29, 0.717) is 6.04 Å². The van der Waals surface area contributed by atoms with Crippen molar-refractivity contribution in [2.24, 2.45) is 0 Å². The van der Waals surface area contributed by atoms with Crippen molar-refractivity contribution in [2.75, 3.05) is 6.54 Å². The number of thiazole rings is 1. The lowest BCUT2D eigenvalue weighted by molar-refractivity contribution is 0.135. The van der Waals surface area contributed by atoms with Crippen LogP contribution in [0.4, 0.5) is 0 Å². The minimum Gasteiger partial charge on any atom is -0.286 e. The molecule has 0 unspecified atom stereocenters. The topological polar surface area (TPSA) is 59.7 Å². The largest absolute Gasteiger partial charge is 0.286 e. The molecule has 2 aromatic carbocycles. The molecule has 0 radical (unpaired) electrons. The zero-order valence-corrected chi connectivity index (χ0v) is 15.7. The fourth-order valence-corrected chi connectivity index (χ4v) is 4.89. The lowest BCUT2D eigenvalue weighted by Crippen LogP contribution is -2.33. The van der Waals surface area contributed by atoms with E-state index in [-0.39, 0.29) is 0 Å². The summed E-state index contributed by atoms with van der Waals surface area (Å²) in [7, 11) is 0. The lowest BCUT2D eigenvalue weighted by atomic mass is 10.0. The summed E-state index contributed by atoms with van der Waals surface area (Å²) in [5, 5.41) is 13.6. The van der Waals surface area contributed by atoms with Crippen LogP contribution >= 0.6 is 11.3 Å². The summed E-state index contributed by atoms with van der Waals surface area (Å²) in [5.41, 5.74) is 2.09. The van der Waals surface area contributed by atoms with Crippen LogP contribution in [0.25, 0.3) is 15.9 Å². The molecule has 7 heteroatoms. The predicted octanol–water partition coefficient (Wildman–Crippen LogP) is 4.00. The van der Waals surface area contributed by atoms with Crippen molar-refractivity contribution in [1.29, 1.82) is 0 Å². The van der Waals surface area contributed by atoms with Crippen LogP contribution in [0.5, 0.6) is 0 Å². The fourth-order valence-electron chi connectivity index (χ4n) is 3.75. The quantitative estimate of drug-likeness (QED) is 0.539. The second-order valence-corrected chi connectivity index (χ2v) is 7.91. The van der Waals surface area contributed by atoms with Gasteiger partial charge in [0.2, 0.25) is 0 Å². The second kappa shape index (κ2) is 7.17. The maximum Gasteiger partial charge on any atom is 0.170 e. The van der Waals surface area contributed by atoms with Crippen LogP contribution in [0, 0.1) is 0 Å². The number of hydrogen-bond acceptors (Lipinski definition) is 6. The summed E-state index contributed by atoms with van der Waals surface area (Å²) < 4.78 is 3.09. The third kappa shape index (κ3) is 3.24. The van der Waals surface area contributed by atoms with Gasteiger partial charge in [-0.15, -0.1) is 16.4 Å². The maximum absolute atomic E-state index is 4.91. The Kier molecular flexibility index (Phi) is 4.39. The van der Waals surface area contributed by atoms with E-state index in [1.54, 1.807) is 0 Å². The zero-order valence-electron chi connectivity index (χ0n) is 14.9. The molecule has 136 valence electrons. The molecule has 3 heterocycles. The number of rotatable bonds is 4. The molecule has 27 heavy (non-hydrogen) atoms. The molecule has 1 fully saturated rings. The van der Waals surface area contributed by atoms with E-state index in [2.05, 4.69) is 44.7 Å². The third-order valence-electron chi connectivity index (χ3n) is 5.09. The molecule has 6 nitrogen and oxygen atoms in total. The SMILES string of the molecule is c1ccc(-n2nnnc2CN2CCCC[C@@H]2c2nc3ccccc3s2)cc1. The molecule has 4 aromatic rings. The predicted molar refractivity (Wildman–Crippen MR) is 106 cm³/mol. The fraction of sp³-hybridized carbons (Fsp3) is 0.300. The Morgan fingerprint density at radius 1 is 1.00 bits per heavy atom. The number of aromatic nitrogens is 5. The summed E-state index contributed by atoms with van der Waals surface area (Å²) in [5.74, 6) is 0.870. The Bertz CT molecular complexity index is 1010. The van der Waals surface area contributed by atoms with Crippen LogP contribution in [-0.2, 0) is 6.54 Å². The van der Waals surface area contributed by atoms with Crippen molar-refractivity contribution in [3.8, 4) is 5.69 Å². The van der Waals surface area contributed by atoms with Crippen LogP contribution in [0.3, 0.4) is 0 Å². The molecular formula is C20H20N6S. The molecule has 0 N–H and O–H groups in total. The molecule has 5 rings (SSSR count). The summed E-state index contributed by atoms with van der Waals surface area (Å²) in [6.45, 7) is 1.77. The van der Waals surface area contributed by atoms with Gasteiger partial charge in [-0.2, -0.15) is 4.68 Å². The van der Waals surface area contributed by atoms with Gasteiger partial charge < -0.3 is 0 Å². The molecule has 1 saturated heterocycles. The first-order valence-electron chi connectivity index (χ1n) is 9.31. The van der Waals surface area contributed by atoms with Gasteiger partial charge in [0.1, 0.15) is 5.01 Å². The van der Waals surface area contributed by atoms with Crippen molar-refractivity contribution >= 4 is 21.6 Å². The van der Waals surface area contributed by atoms with Gasteiger partial charge in [-0.05, 0) is 54.1 Å². The first kappa shape index (κ1) is 16.5. The minimum absolute atomic E-state index is 0.331. The van der Waals surface area contributed by atoms with Gasteiger partial charge in [-0.25, -0.2) is 4.98 Å². The summed E-state index contributed by atoms with van der Waals surface area (Å²) >= 11 is 1.81. The van der Waals surface area contributed by atoms with Crippen LogP contribution in [0.15, 0.2) is 54.6 Å². The number of para-hydroxylation sites is 2. The van der Waals surface area contributed by atoms with Crippen LogP contribution in [-0.4, -0.2) is 36.6 Å². The Balaban J connectivity index is 1.44. The Labute approximate surface area is 161 Å². The molecule has 1 atom stereocenters. The molecule has 1 aliphatic heterocycles. The van der Waals surface area contributed by atoms with Crippen molar-refractivity contribution < 1.29 is 0 Å². The minimum atomic E-state index is 0.331. The van der Waals surface area contributed by atoms with Crippen molar-refractivity contribution in [1.82, 2.24) is 30.1 Å². The molecule has 0 aliphatic carbocycles. The first-order valence-corrected chi connectivity index (χ1v) is 10.1. The average molecular weight is 376 g/mol. The lowest BCUT2D eigenvalue weighted by Gasteiger charge is -2.33. The van der Waals surface area contributed by atoms with Gasteiger partial charge in [0, 0.05) is 0 Å². The number of tetrazole rings is 1. The highest BCUT2D eigenvalue weighted by Gasteiger charge is 2.28. The molecular weight excluding hydrogens is 356 g/mol. The first-order chi connectivity index (χ1) is 13.4. The smallest absolute Gasteiger partial charge is 0.170 e. The van der Waals surface area contributed by atoms with Crippen LogP contribution in [0.1, 0.15) is 36.1 Å². The average Bonchev–Trinajstić information content (AvgIpc) is 3.36. The molecule has 0 bridgehead atoms. The number of fused-ring (bicyclic) bond motifs is 1. The Morgan fingerprint density at radius 2 is 1.85 bits per heavy atom. The van der Waals surface area contributed by atoms with Crippen LogP contribution in [0.2, 0.25) is 0 Å². The van der Waals surface area contributed by atoms with E-state index in [9.17, 15) is 0 Å². The number of piperidine rings is 1. The van der Waals surface area contributed by atoms with Crippen molar-refractivity contribution in [3.63, 3.8) is 0 Å². The number of likely N-dealkylation sites (tertiary alicyclic amines) is 1. The normalized spacial score (nSPS) is 18.1. The highest BCUT2D eigenvalue weighted by molar-refractivity contribution is 7.18. The van der Waals surface area contributed by atoms with Crippen molar-refractivity contribution in [2.45, 2.75) is 31.8 Å². The summed E-state index contributed by atoms with van der Waals surface area (Å²) in [4.78, 5) is 7.39. The van der Waals surface area contributed by atoms with Crippen LogP contribution < -0.4 is 0 Å². The number of hydrogen-bond donors (Lipinski definition) is 0. The summed E-state index contributed by atoms with van der Waals surface area (Å²) in [6.07, 6.45) is 3.57. The monoisotopic (exact) mass is 376 g/mol. The summed E-state index contributed by atoms with van der Waals surface area (Å²) in [6, 6.07) is 18.8. The second-order valence-electron chi connectivity index (χ2n) is 6.84. The standard InChI is InChI=1S/C20H20N6S/c1-2-8-15(9-3-1)26-19(22-23-24-26)14-25-13-7-6-11-17(25)20-21-16-10-4-5-12-18(16)27-20/h1-5,8-10,12,17H,6-7,11,13-14H2/t17-/m1/s1.